The Morgan fingerprint density at radius 1 is 0.730 bits per heavy atom. The van der Waals surface area contributed by atoms with Gasteiger partial charge in [-0.15, -0.1) is 0 Å². The fraction of sp³-hybridized carbons (Fsp3) is 0.514. The van der Waals surface area contributed by atoms with Crippen LogP contribution in [0.2, 0.25) is 0 Å². The summed E-state index contributed by atoms with van der Waals surface area (Å²) < 4.78 is 0. The van der Waals surface area contributed by atoms with Gasteiger partial charge in [0, 0.05) is 17.9 Å². The van der Waals surface area contributed by atoms with Crippen molar-refractivity contribution in [2.24, 2.45) is 5.92 Å². The van der Waals surface area contributed by atoms with Crippen molar-refractivity contribution in [2.75, 3.05) is 7.05 Å². The second-order valence-electron chi connectivity index (χ2n) is 10.4. The smallest absolute Gasteiger partial charge is 0.0375 e. The SMILES string of the molecule is C.CCC(C)C.CNC1CCCC1.Cc1cccc(C)c1.Cc1cccc(C)c1.Cc1ccnc(C)c1. The predicted molar refractivity (Wildman–Crippen MR) is 169 cm³/mol. The lowest BCUT2D eigenvalue weighted by Gasteiger charge is -2.03. The van der Waals surface area contributed by atoms with Crippen molar-refractivity contribution in [3.05, 3.63) is 100 Å². The molecule has 0 unspecified atom stereocenters. The van der Waals surface area contributed by atoms with E-state index in [0.29, 0.717) is 0 Å². The molecule has 37 heavy (non-hydrogen) atoms. The first-order chi connectivity index (χ1) is 17.1. The molecule has 1 saturated carbocycles. The molecule has 4 rings (SSSR count). The molecule has 2 heteroatoms. The van der Waals surface area contributed by atoms with E-state index in [-0.39, 0.29) is 7.43 Å². The zero-order chi connectivity index (χ0) is 27.3. The quantitative estimate of drug-likeness (QED) is 0.374. The van der Waals surface area contributed by atoms with Crippen LogP contribution < -0.4 is 5.32 Å². The van der Waals surface area contributed by atoms with Crippen LogP contribution in [-0.2, 0) is 0 Å². The predicted octanol–water partition coefficient (Wildman–Crippen LogP) is 10.1. The summed E-state index contributed by atoms with van der Waals surface area (Å²) in [5, 5.41) is 3.26. The van der Waals surface area contributed by atoms with Gasteiger partial charge in [-0.3, -0.25) is 4.98 Å². The van der Waals surface area contributed by atoms with Gasteiger partial charge in [-0.05, 0) is 85.0 Å². The molecule has 208 valence electrons. The van der Waals surface area contributed by atoms with Crippen LogP contribution in [0.25, 0.3) is 0 Å². The van der Waals surface area contributed by atoms with Crippen molar-refractivity contribution >= 4 is 0 Å². The van der Waals surface area contributed by atoms with Gasteiger partial charge in [0.15, 0.2) is 0 Å². The highest BCUT2D eigenvalue weighted by Crippen LogP contribution is 2.16. The molecule has 1 aromatic heterocycles. The van der Waals surface area contributed by atoms with Crippen LogP contribution in [0, 0.1) is 47.5 Å². The summed E-state index contributed by atoms with van der Waals surface area (Å²) in [6.45, 7) is 19.1. The van der Waals surface area contributed by atoms with Crippen LogP contribution >= 0.6 is 0 Å². The van der Waals surface area contributed by atoms with Gasteiger partial charge in [0.25, 0.3) is 0 Å². The monoisotopic (exact) mass is 506 g/mol. The number of nitrogens with zero attached hydrogens (tertiary/aromatic N) is 1. The normalized spacial score (nSPS) is 11.8. The lowest BCUT2D eigenvalue weighted by atomic mass is 10.2. The van der Waals surface area contributed by atoms with Crippen LogP contribution in [-0.4, -0.2) is 18.1 Å². The van der Waals surface area contributed by atoms with Crippen LogP contribution in [0.15, 0.2) is 66.9 Å². The highest BCUT2D eigenvalue weighted by Gasteiger charge is 2.10. The third-order valence-corrected chi connectivity index (χ3v) is 5.98. The first kappa shape index (κ1) is 36.7. The zero-order valence-electron chi connectivity index (χ0n) is 25.0. The Morgan fingerprint density at radius 2 is 1.11 bits per heavy atom. The van der Waals surface area contributed by atoms with Crippen molar-refractivity contribution in [3.8, 4) is 0 Å². The Labute approximate surface area is 231 Å². The number of hydrogen-bond acceptors (Lipinski definition) is 2. The summed E-state index contributed by atoms with van der Waals surface area (Å²) in [4.78, 5) is 4.04. The van der Waals surface area contributed by atoms with Gasteiger partial charge in [0.1, 0.15) is 0 Å². The first-order valence-electron chi connectivity index (χ1n) is 13.7. The number of hydrogen-bond donors (Lipinski definition) is 1. The fourth-order valence-corrected chi connectivity index (χ4v) is 3.52. The van der Waals surface area contributed by atoms with E-state index in [1.54, 1.807) is 0 Å². The van der Waals surface area contributed by atoms with Gasteiger partial charge in [0.05, 0.1) is 0 Å². The summed E-state index contributed by atoms with van der Waals surface area (Å²) in [5.41, 5.74) is 7.72. The summed E-state index contributed by atoms with van der Waals surface area (Å²) in [6.07, 6.45) is 8.80. The number of aryl methyl sites for hydroxylation is 6. The molecule has 2 aromatic carbocycles. The minimum absolute atomic E-state index is 0. The number of nitrogens with one attached hydrogen (secondary N) is 1. The fourth-order valence-electron chi connectivity index (χ4n) is 3.52. The Hall–Kier alpha value is -2.45. The third-order valence-electron chi connectivity index (χ3n) is 5.98. The molecular weight excluding hydrogens is 448 g/mol. The maximum absolute atomic E-state index is 4.04. The van der Waals surface area contributed by atoms with Gasteiger partial charge in [-0.25, -0.2) is 0 Å². The van der Waals surface area contributed by atoms with Crippen molar-refractivity contribution in [3.63, 3.8) is 0 Å². The van der Waals surface area contributed by atoms with E-state index in [1.165, 1.54) is 59.9 Å². The first-order valence-corrected chi connectivity index (χ1v) is 13.7. The molecule has 1 aliphatic carbocycles. The van der Waals surface area contributed by atoms with E-state index in [0.717, 1.165) is 17.7 Å². The van der Waals surface area contributed by atoms with E-state index in [9.17, 15) is 0 Å². The summed E-state index contributed by atoms with van der Waals surface area (Å²) in [5.74, 6) is 0.884. The van der Waals surface area contributed by atoms with Crippen LogP contribution in [0.3, 0.4) is 0 Å². The van der Waals surface area contributed by atoms with Crippen molar-refractivity contribution in [1.82, 2.24) is 10.3 Å². The molecule has 0 saturated heterocycles. The highest BCUT2D eigenvalue weighted by molar-refractivity contribution is 5.21. The molecule has 0 bridgehead atoms. The van der Waals surface area contributed by atoms with Gasteiger partial charge in [-0.2, -0.15) is 0 Å². The molecule has 0 amide bonds. The van der Waals surface area contributed by atoms with Gasteiger partial charge >= 0.3 is 0 Å². The molecule has 1 aliphatic rings. The Morgan fingerprint density at radius 3 is 1.30 bits per heavy atom. The average Bonchev–Trinajstić information content (AvgIpc) is 3.34. The Bertz CT molecular complexity index is 769. The molecule has 0 spiro atoms. The van der Waals surface area contributed by atoms with Gasteiger partial charge < -0.3 is 5.32 Å². The van der Waals surface area contributed by atoms with Crippen LogP contribution in [0.5, 0.6) is 0 Å². The number of benzene rings is 2. The third kappa shape index (κ3) is 22.5. The lowest BCUT2D eigenvalue weighted by molar-refractivity contribution is 0.582. The van der Waals surface area contributed by atoms with E-state index in [2.05, 4.69) is 127 Å². The topological polar surface area (TPSA) is 24.9 Å². The molecule has 0 atom stereocenters. The van der Waals surface area contributed by atoms with E-state index in [4.69, 9.17) is 0 Å². The number of rotatable bonds is 2. The minimum Gasteiger partial charge on any atom is -0.317 e. The molecule has 0 radical (unpaired) electrons. The van der Waals surface area contributed by atoms with Gasteiger partial charge in [-0.1, -0.05) is 118 Å². The number of pyridine rings is 1. The maximum atomic E-state index is 4.04. The number of aromatic nitrogens is 1. The van der Waals surface area contributed by atoms with Crippen molar-refractivity contribution in [2.45, 2.75) is 108 Å². The maximum Gasteiger partial charge on any atom is 0.0375 e. The van der Waals surface area contributed by atoms with E-state index >= 15 is 0 Å². The van der Waals surface area contributed by atoms with Crippen LogP contribution in [0.4, 0.5) is 0 Å². The molecule has 1 fully saturated rings. The zero-order valence-corrected chi connectivity index (χ0v) is 25.0. The van der Waals surface area contributed by atoms with E-state index in [1.807, 2.05) is 19.2 Å². The highest BCUT2D eigenvalue weighted by atomic mass is 14.9. The second kappa shape index (κ2) is 22.7. The molecular formula is C35H58N2. The standard InChI is InChI=1S/2C8H10.C7H9N.C6H13N.C5H12.CH4/c2*1-7-4-3-5-8(2)6-7;1-6-3-4-8-7(2)5-6;1-7-6-4-2-3-5-6;1-4-5(2)3;/h2*3-6H,1-2H3;3-5H,1-2H3;6-7H,2-5H2,1H3;5H,4H2,1-3H3;1H4. The van der Waals surface area contributed by atoms with Crippen molar-refractivity contribution in [1.29, 1.82) is 0 Å². The summed E-state index contributed by atoms with van der Waals surface area (Å²) in [6, 6.07) is 21.8. The summed E-state index contributed by atoms with van der Waals surface area (Å²) >= 11 is 0. The molecule has 1 N–H and O–H groups in total. The Kier molecular flexibility index (Phi) is 22.5. The molecule has 0 aliphatic heterocycles. The lowest BCUT2D eigenvalue weighted by Crippen LogP contribution is -2.20. The van der Waals surface area contributed by atoms with Crippen molar-refractivity contribution < 1.29 is 0 Å². The minimum atomic E-state index is 0. The van der Waals surface area contributed by atoms with Crippen LogP contribution in [0.1, 0.15) is 93.8 Å². The average molecular weight is 507 g/mol. The largest absolute Gasteiger partial charge is 0.317 e. The molecule has 2 nitrogen and oxygen atoms in total. The molecule has 3 aromatic rings. The second-order valence-corrected chi connectivity index (χ2v) is 10.4. The van der Waals surface area contributed by atoms with E-state index < -0.39 is 0 Å². The Balaban J connectivity index is 0. The van der Waals surface area contributed by atoms with Gasteiger partial charge in [0.2, 0.25) is 0 Å². The molecule has 1 heterocycles. The summed E-state index contributed by atoms with van der Waals surface area (Å²) in [7, 11) is 2.05.